The molecule has 0 aliphatic rings. The third-order valence-electron chi connectivity index (χ3n) is 4.04. The Morgan fingerprint density at radius 3 is 2.11 bits per heavy atom. The van der Waals surface area contributed by atoms with Gasteiger partial charge >= 0.3 is 0 Å². The summed E-state index contributed by atoms with van der Waals surface area (Å²) in [6, 6.07) is 0. The van der Waals surface area contributed by atoms with Crippen LogP contribution < -0.4 is 11.1 Å². The Hall–Kier alpha value is -0.730. The number of unbranched alkanes of at least 4 members (excludes halogenated alkanes) is 4. The molecule has 0 aromatic carbocycles. The second kappa shape index (κ2) is 11.1. The van der Waals surface area contributed by atoms with E-state index in [-0.39, 0.29) is 5.96 Å². The molecular weight excluding hydrogens is 234 g/mol. The van der Waals surface area contributed by atoms with Gasteiger partial charge in [0.25, 0.3) is 0 Å². The molecule has 0 aromatic heterocycles. The lowest BCUT2D eigenvalue weighted by Crippen LogP contribution is -2.31. The van der Waals surface area contributed by atoms with Crippen molar-refractivity contribution in [2.24, 2.45) is 11.1 Å². The van der Waals surface area contributed by atoms with E-state index < -0.39 is 0 Å². The third kappa shape index (κ3) is 10.8. The Morgan fingerprint density at radius 1 is 0.947 bits per heavy atom. The maximum atomic E-state index is 7.16. The predicted molar refractivity (Wildman–Crippen MR) is 85.5 cm³/mol. The molecule has 0 aliphatic carbocycles. The lowest BCUT2D eigenvalue weighted by molar-refractivity contribution is 0.228. The summed E-state index contributed by atoms with van der Waals surface area (Å²) in [5.41, 5.74) is 5.80. The summed E-state index contributed by atoms with van der Waals surface area (Å²) in [4.78, 5) is 0. The van der Waals surface area contributed by atoms with Crippen molar-refractivity contribution in [1.29, 1.82) is 5.41 Å². The summed E-state index contributed by atoms with van der Waals surface area (Å²) in [7, 11) is 0. The van der Waals surface area contributed by atoms with Crippen LogP contribution in [-0.2, 0) is 0 Å². The quantitative estimate of drug-likeness (QED) is 0.279. The van der Waals surface area contributed by atoms with E-state index in [2.05, 4.69) is 26.1 Å². The normalized spacial score (nSPS) is 14.1. The van der Waals surface area contributed by atoms with Crippen molar-refractivity contribution in [1.82, 2.24) is 5.32 Å². The van der Waals surface area contributed by atoms with Crippen LogP contribution in [0.1, 0.15) is 85.0 Å². The van der Waals surface area contributed by atoms with Crippen LogP contribution in [0.25, 0.3) is 0 Å². The van der Waals surface area contributed by atoms with Gasteiger partial charge in [0.1, 0.15) is 0 Å². The molecule has 1 unspecified atom stereocenters. The van der Waals surface area contributed by atoms with Gasteiger partial charge < -0.3 is 11.1 Å². The van der Waals surface area contributed by atoms with Gasteiger partial charge in [-0.1, -0.05) is 59.3 Å². The van der Waals surface area contributed by atoms with Crippen molar-refractivity contribution >= 4 is 5.96 Å². The first-order chi connectivity index (χ1) is 9.04. The fraction of sp³-hybridized carbons (Fsp3) is 0.938. The van der Waals surface area contributed by atoms with Crippen molar-refractivity contribution in [3.63, 3.8) is 0 Å². The highest BCUT2D eigenvalue weighted by Gasteiger charge is 2.22. The van der Waals surface area contributed by atoms with E-state index in [1.54, 1.807) is 0 Å². The average Bonchev–Trinajstić information content (AvgIpc) is 2.38. The molecule has 19 heavy (non-hydrogen) atoms. The summed E-state index contributed by atoms with van der Waals surface area (Å²) in [5.74, 6) is 0.0956. The molecule has 4 N–H and O–H groups in total. The molecule has 0 bridgehead atoms. The Kier molecular flexibility index (Phi) is 10.7. The maximum absolute atomic E-state index is 7.16. The van der Waals surface area contributed by atoms with E-state index in [4.69, 9.17) is 11.1 Å². The van der Waals surface area contributed by atoms with Crippen molar-refractivity contribution in [3.8, 4) is 0 Å². The van der Waals surface area contributed by atoms with Gasteiger partial charge in [-0.05, 0) is 31.1 Å². The molecule has 0 aromatic rings. The topological polar surface area (TPSA) is 61.9 Å². The predicted octanol–water partition coefficient (Wildman–Crippen LogP) is 4.42. The minimum absolute atomic E-state index is 0.0956. The lowest BCUT2D eigenvalue weighted by atomic mass is 9.76. The Balaban J connectivity index is 3.98. The number of nitrogens with two attached hydrogens (primary N) is 1. The minimum Gasteiger partial charge on any atom is -0.370 e. The van der Waals surface area contributed by atoms with Crippen LogP contribution >= 0.6 is 0 Å². The smallest absolute Gasteiger partial charge is 0.185 e. The number of hydrogen-bond donors (Lipinski definition) is 3. The molecule has 0 saturated heterocycles. The summed E-state index contributed by atoms with van der Waals surface area (Å²) < 4.78 is 0. The number of nitrogens with one attached hydrogen (secondary N) is 2. The molecule has 0 rings (SSSR count). The first kappa shape index (κ1) is 18.3. The summed E-state index contributed by atoms with van der Waals surface area (Å²) in [5, 5.41) is 10.1. The minimum atomic E-state index is 0.0956. The summed E-state index contributed by atoms with van der Waals surface area (Å²) >= 11 is 0. The van der Waals surface area contributed by atoms with Gasteiger partial charge in [-0.15, -0.1) is 0 Å². The van der Waals surface area contributed by atoms with Gasteiger partial charge in [0.15, 0.2) is 5.96 Å². The second-order valence-electron chi connectivity index (χ2n) is 6.17. The largest absolute Gasteiger partial charge is 0.370 e. The van der Waals surface area contributed by atoms with Crippen LogP contribution in [-0.4, -0.2) is 12.5 Å². The van der Waals surface area contributed by atoms with Crippen LogP contribution in [0.5, 0.6) is 0 Å². The number of hydrogen-bond acceptors (Lipinski definition) is 1. The van der Waals surface area contributed by atoms with Crippen LogP contribution in [0, 0.1) is 10.8 Å². The average molecular weight is 269 g/mol. The maximum Gasteiger partial charge on any atom is 0.185 e. The van der Waals surface area contributed by atoms with Crippen molar-refractivity contribution in [2.75, 3.05) is 6.54 Å². The van der Waals surface area contributed by atoms with E-state index in [1.165, 1.54) is 57.8 Å². The summed E-state index contributed by atoms with van der Waals surface area (Å²) in [6.45, 7) is 7.83. The van der Waals surface area contributed by atoms with Gasteiger partial charge in [0.2, 0.25) is 0 Å². The zero-order valence-corrected chi connectivity index (χ0v) is 13.4. The fourth-order valence-electron chi connectivity index (χ4n) is 2.70. The molecule has 0 radical (unpaired) electrons. The molecule has 3 heteroatoms. The molecule has 0 spiro atoms. The highest BCUT2D eigenvalue weighted by molar-refractivity contribution is 5.74. The van der Waals surface area contributed by atoms with E-state index in [0.717, 1.165) is 13.0 Å². The Morgan fingerprint density at radius 2 is 1.53 bits per heavy atom. The standard InChI is InChI=1S/C16H35N3/c1-4-6-8-9-12-16(3,11-7-5-2)13-10-14-19-15(17)18/h4-14H2,1-3H3,(H4,17,18,19). The molecule has 0 amide bonds. The molecule has 1 atom stereocenters. The van der Waals surface area contributed by atoms with Crippen LogP contribution in [0.4, 0.5) is 0 Å². The van der Waals surface area contributed by atoms with Gasteiger partial charge in [0, 0.05) is 6.54 Å². The molecule has 0 aliphatic heterocycles. The van der Waals surface area contributed by atoms with Crippen LogP contribution in [0.3, 0.4) is 0 Å². The molecule has 0 saturated carbocycles. The van der Waals surface area contributed by atoms with Gasteiger partial charge in [-0.25, -0.2) is 0 Å². The van der Waals surface area contributed by atoms with Crippen LogP contribution in [0.2, 0.25) is 0 Å². The zero-order chi connectivity index (χ0) is 14.6. The van der Waals surface area contributed by atoms with E-state index in [1.807, 2.05) is 0 Å². The van der Waals surface area contributed by atoms with Gasteiger partial charge in [-0.2, -0.15) is 0 Å². The van der Waals surface area contributed by atoms with E-state index in [9.17, 15) is 0 Å². The Labute approximate surface area is 120 Å². The zero-order valence-electron chi connectivity index (χ0n) is 13.4. The monoisotopic (exact) mass is 269 g/mol. The van der Waals surface area contributed by atoms with E-state index >= 15 is 0 Å². The molecular formula is C16H35N3. The lowest BCUT2D eigenvalue weighted by Gasteiger charge is -2.30. The molecule has 3 nitrogen and oxygen atoms in total. The first-order valence-corrected chi connectivity index (χ1v) is 8.12. The van der Waals surface area contributed by atoms with Crippen molar-refractivity contribution in [2.45, 2.75) is 85.0 Å². The number of guanidine groups is 1. The molecule has 0 fully saturated rings. The van der Waals surface area contributed by atoms with Crippen molar-refractivity contribution in [3.05, 3.63) is 0 Å². The number of rotatable bonds is 12. The fourth-order valence-corrected chi connectivity index (χ4v) is 2.70. The van der Waals surface area contributed by atoms with E-state index in [0.29, 0.717) is 5.41 Å². The first-order valence-electron chi connectivity index (χ1n) is 8.12. The SMILES string of the molecule is CCCCCCC(C)(CCCC)CCCNC(=N)N. The highest BCUT2D eigenvalue weighted by Crippen LogP contribution is 2.35. The summed E-state index contributed by atoms with van der Waals surface area (Å²) in [6.07, 6.45) is 13.1. The van der Waals surface area contributed by atoms with Gasteiger partial charge in [0.05, 0.1) is 0 Å². The second-order valence-corrected chi connectivity index (χ2v) is 6.17. The molecule has 114 valence electrons. The van der Waals surface area contributed by atoms with Gasteiger partial charge in [-0.3, -0.25) is 5.41 Å². The molecule has 0 heterocycles. The Bertz CT molecular complexity index is 228. The van der Waals surface area contributed by atoms with Crippen molar-refractivity contribution < 1.29 is 0 Å². The third-order valence-corrected chi connectivity index (χ3v) is 4.04. The van der Waals surface area contributed by atoms with Crippen LogP contribution in [0.15, 0.2) is 0 Å². The highest BCUT2D eigenvalue weighted by atomic mass is 15.0.